The van der Waals surface area contributed by atoms with Crippen LogP contribution in [-0.2, 0) is 19.1 Å². The zero-order valence-corrected chi connectivity index (χ0v) is 19.8. The van der Waals surface area contributed by atoms with E-state index in [4.69, 9.17) is 29.2 Å². The molecule has 186 valence electrons. The van der Waals surface area contributed by atoms with Crippen molar-refractivity contribution >= 4 is 11.9 Å². The molecule has 0 bridgehead atoms. The predicted octanol–water partition coefficient (Wildman–Crippen LogP) is 5.03. The quantitative estimate of drug-likeness (QED) is 0.307. The zero-order valence-electron chi connectivity index (χ0n) is 19.8. The smallest absolute Gasteiger partial charge is 0.337 e. The second-order valence-electron chi connectivity index (χ2n) is 7.86. The molecule has 8 heteroatoms. The summed E-state index contributed by atoms with van der Waals surface area (Å²) in [5, 5.41) is 18.2. The SMILES string of the molecule is COC(C(=O)O)c1ccc(OCCCCCCCCOc2ccc(C(OC)C(=O)O)cc2)cc1. The summed E-state index contributed by atoms with van der Waals surface area (Å²) < 4.78 is 21.4. The second kappa shape index (κ2) is 14.9. The number of hydrogen-bond donors (Lipinski definition) is 2. The van der Waals surface area contributed by atoms with Gasteiger partial charge in [0.2, 0.25) is 0 Å². The average Bonchev–Trinajstić information content (AvgIpc) is 2.82. The van der Waals surface area contributed by atoms with Crippen molar-refractivity contribution in [2.24, 2.45) is 0 Å². The maximum atomic E-state index is 11.1. The van der Waals surface area contributed by atoms with E-state index in [9.17, 15) is 9.59 Å². The highest BCUT2D eigenvalue weighted by Gasteiger charge is 2.19. The molecule has 0 aromatic heterocycles. The van der Waals surface area contributed by atoms with Crippen LogP contribution in [0.25, 0.3) is 0 Å². The standard InChI is InChI=1S/C26H34O8/c1-31-23(25(27)28)19-9-13-21(14-10-19)33-17-7-5-3-4-6-8-18-34-22-15-11-20(12-16-22)24(32-2)26(29)30/h9-16,23-24H,3-8,17-18H2,1-2H3,(H,27,28)(H,29,30). The molecule has 2 aromatic carbocycles. The molecular formula is C26H34O8. The van der Waals surface area contributed by atoms with E-state index in [-0.39, 0.29) is 0 Å². The van der Waals surface area contributed by atoms with Crippen LogP contribution in [0.3, 0.4) is 0 Å². The molecule has 2 atom stereocenters. The third-order valence-electron chi connectivity index (χ3n) is 5.36. The maximum Gasteiger partial charge on any atom is 0.337 e. The van der Waals surface area contributed by atoms with E-state index < -0.39 is 24.1 Å². The molecule has 0 aliphatic heterocycles. The van der Waals surface area contributed by atoms with Gasteiger partial charge in [-0.05, 0) is 48.2 Å². The molecule has 2 N–H and O–H groups in total. The number of carboxylic acid groups (broad SMARTS) is 2. The van der Waals surface area contributed by atoms with Gasteiger partial charge in [-0.2, -0.15) is 0 Å². The van der Waals surface area contributed by atoms with Gasteiger partial charge in [-0.25, -0.2) is 9.59 Å². The molecule has 0 radical (unpaired) electrons. The topological polar surface area (TPSA) is 112 Å². The molecule has 34 heavy (non-hydrogen) atoms. The van der Waals surface area contributed by atoms with Gasteiger partial charge < -0.3 is 29.2 Å². The van der Waals surface area contributed by atoms with Gasteiger partial charge in [-0.1, -0.05) is 49.9 Å². The van der Waals surface area contributed by atoms with Crippen molar-refractivity contribution < 1.29 is 38.7 Å². The molecule has 0 fully saturated rings. The molecule has 0 saturated carbocycles. The van der Waals surface area contributed by atoms with Crippen LogP contribution in [0.5, 0.6) is 11.5 Å². The van der Waals surface area contributed by atoms with Crippen molar-refractivity contribution in [3.63, 3.8) is 0 Å². The minimum Gasteiger partial charge on any atom is -0.494 e. The Morgan fingerprint density at radius 2 is 0.941 bits per heavy atom. The summed E-state index contributed by atoms with van der Waals surface area (Å²) in [6.07, 6.45) is 4.39. The Balaban J connectivity index is 1.51. The molecule has 2 rings (SSSR count). The van der Waals surface area contributed by atoms with Crippen molar-refractivity contribution in [3.05, 3.63) is 59.7 Å². The van der Waals surface area contributed by atoms with E-state index in [0.29, 0.717) is 24.3 Å². The average molecular weight is 475 g/mol. The molecule has 2 unspecified atom stereocenters. The number of hydrogen-bond acceptors (Lipinski definition) is 6. The number of methoxy groups -OCH3 is 2. The molecular weight excluding hydrogens is 440 g/mol. The normalized spacial score (nSPS) is 12.6. The number of carbonyl (C=O) groups is 2. The lowest BCUT2D eigenvalue weighted by Crippen LogP contribution is -2.13. The number of carboxylic acids is 2. The fourth-order valence-electron chi connectivity index (χ4n) is 3.53. The lowest BCUT2D eigenvalue weighted by atomic mass is 10.1. The first-order valence-electron chi connectivity index (χ1n) is 11.4. The minimum atomic E-state index is -1.02. The minimum absolute atomic E-state index is 0.585. The van der Waals surface area contributed by atoms with Gasteiger partial charge in [-0.15, -0.1) is 0 Å². The summed E-state index contributed by atoms with van der Waals surface area (Å²) in [7, 11) is 2.75. The lowest BCUT2D eigenvalue weighted by Gasteiger charge is -2.12. The maximum absolute atomic E-state index is 11.1. The van der Waals surface area contributed by atoms with Crippen LogP contribution in [0.15, 0.2) is 48.5 Å². The van der Waals surface area contributed by atoms with Gasteiger partial charge in [0.05, 0.1) is 13.2 Å². The second-order valence-corrected chi connectivity index (χ2v) is 7.86. The Morgan fingerprint density at radius 1 is 0.618 bits per heavy atom. The van der Waals surface area contributed by atoms with E-state index in [1.54, 1.807) is 48.5 Å². The largest absolute Gasteiger partial charge is 0.494 e. The summed E-state index contributed by atoms with van der Waals surface area (Å²) in [5.41, 5.74) is 1.17. The van der Waals surface area contributed by atoms with E-state index in [1.165, 1.54) is 14.2 Å². The van der Waals surface area contributed by atoms with E-state index in [0.717, 1.165) is 50.0 Å². The fraction of sp³-hybridized carbons (Fsp3) is 0.462. The summed E-state index contributed by atoms with van der Waals surface area (Å²) in [6.45, 7) is 1.24. The van der Waals surface area contributed by atoms with Crippen molar-refractivity contribution in [1.29, 1.82) is 0 Å². The van der Waals surface area contributed by atoms with E-state index in [1.807, 2.05) is 0 Å². The van der Waals surface area contributed by atoms with Crippen molar-refractivity contribution in [1.82, 2.24) is 0 Å². The first-order chi connectivity index (χ1) is 16.5. The van der Waals surface area contributed by atoms with Crippen LogP contribution in [0.1, 0.15) is 61.9 Å². The Kier molecular flexibility index (Phi) is 11.9. The van der Waals surface area contributed by atoms with Gasteiger partial charge >= 0.3 is 11.9 Å². The Labute approximate surface area is 200 Å². The van der Waals surface area contributed by atoms with Crippen LogP contribution in [0.2, 0.25) is 0 Å². The van der Waals surface area contributed by atoms with Gasteiger partial charge in [0.1, 0.15) is 11.5 Å². The number of aliphatic carboxylic acids is 2. The highest BCUT2D eigenvalue weighted by Crippen LogP contribution is 2.22. The third kappa shape index (κ3) is 9.03. The molecule has 0 spiro atoms. The third-order valence-corrected chi connectivity index (χ3v) is 5.36. The first kappa shape index (κ1) is 27.1. The van der Waals surface area contributed by atoms with E-state index in [2.05, 4.69) is 0 Å². The predicted molar refractivity (Wildman–Crippen MR) is 126 cm³/mol. The number of benzene rings is 2. The molecule has 0 saturated heterocycles. The summed E-state index contributed by atoms with van der Waals surface area (Å²) in [5.74, 6) is -0.602. The van der Waals surface area contributed by atoms with Crippen molar-refractivity contribution in [2.45, 2.75) is 50.7 Å². The van der Waals surface area contributed by atoms with Crippen LogP contribution in [0.4, 0.5) is 0 Å². The monoisotopic (exact) mass is 474 g/mol. The van der Waals surface area contributed by atoms with Crippen LogP contribution in [-0.4, -0.2) is 49.6 Å². The first-order valence-corrected chi connectivity index (χ1v) is 11.4. The molecule has 0 heterocycles. The van der Waals surface area contributed by atoms with Gasteiger partial charge in [0.25, 0.3) is 0 Å². The molecule has 0 aliphatic rings. The van der Waals surface area contributed by atoms with Crippen molar-refractivity contribution in [2.75, 3.05) is 27.4 Å². The Morgan fingerprint density at radius 3 is 1.24 bits per heavy atom. The number of rotatable bonds is 17. The molecule has 8 nitrogen and oxygen atoms in total. The molecule has 0 amide bonds. The van der Waals surface area contributed by atoms with Gasteiger partial charge in [0, 0.05) is 14.2 Å². The molecule has 2 aromatic rings. The summed E-state index contributed by atoms with van der Waals surface area (Å²) in [4.78, 5) is 22.2. The zero-order chi connectivity index (χ0) is 24.8. The fourth-order valence-corrected chi connectivity index (χ4v) is 3.53. The summed E-state index contributed by atoms with van der Waals surface area (Å²) >= 11 is 0. The van der Waals surface area contributed by atoms with Gasteiger partial charge in [0.15, 0.2) is 12.2 Å². The van der Waals surface area contributed by atoms with Gasteiger partial charge in [-0.3, -0.25) is 0 Å². The molecule has 0 aliphatic carbocycles. The number of ether oxygens (including phenoxy) is 4. The highest BCUT2D eigenvalue weighted by molar-refractivity contribution is 5.74. The summed E-state index contributed by atoms with van der Waals surface area (Å²) in [6, 6.07) is 13.9. The Hall–Kier alpha value is -3.10. The van der Waals surface area contributed by atoms with E-state index >= 15 is 0 Å². The van der Waals surface area contributed by atoms with Crippen LogP contribution >= 0.6 is 0 Å². The highest BCUT2D eigenvalue weighted by atomic mass is 16.5. The van der Waals surface area contributed by atoms with Crippen molar-refractivity contribution in [3.8, 4) is 11.5 Å². The van der Waals surface area contributed by atoms with Crippen LogP contribution < -0.4 is 9.47 Å². The van der Waals surface area contributed by atoms with Crippen LogP contribution in [0, 0.1) is 0 Å². The lowest BCUT2D eigenvalue weighted by molar-refractivity contribution is -0.149. The Bertz CT molecular complexity index is 790. The number of unbranched alkanes of at least 4 members (excludes halogenated alkanes) is 5.